The van der Waals surface area contributed by atoms with Gasteiger partial charge in [0.25, 0.3) is 0 Å². The van der Waals surface area contributed by atoms with Crippen LogP contribution in [0, 0.1) is 0 Å². The summed E-state index contributed by atoms with van der Waals surface area (Å²) in [6, 6.07) is 10.4. The second-order valence-electron chi connectivity index (χ2n) is 6.72. The number of anilines is 1. The van der Waals surface area contributed by atoms with Crippen molar-refractivity contribution < 1.29 is 4.79 Å². The molecule has 25 heavy (non-hydrogen) atoms. The van der Waals surface area contributed by atoms with Crippen molar-refractivity contribution in [3.63, 3.8) is 0 Å². The molecule has 1 unspecified atom stereocenters. The number of nitrogens with zero attached hydrogens (tertiary/aromatic N) is 3. The third-order valence-corrected chi connectivity index (χ3v) is 4.48. The van der Waals surface area contributed by atoms with Crippen LogP contribution in [0.2, 0.25) is 0 Å². The summed E-state index contributed by atoms with van der Waals surface area (Å²) >= 11 is 0. The average Bonchev–Trinajstić information content (AvgIpc) is 2.96. The number of amides is 1. The van der Waals surface area contributed by atoms with Gasteiger partial charge in [0.15, 0.2) is 5.96 Å². The molecule has 138 valence electrons. The first-order valence-electron chi connectivity index (χ1n) is 9.11. The van der Waals surface area contributed by atoms with Gasteiger partial charge in [0.2, 0.25) is 5.91 Å². The lowest BCUT2D eigenvalue weighted by Gasteiger charge is -2.21. The van der Waals surface area contributed by atoms with Crippen LogP contribution < -0.4 is 15.5 Å². The van der Waals surface area contributed by atoms with E-state index in [9.17, 15) is 4.79 Å². The molecule has 0 aromatic heterocycles. The van der Waals surface area contributed by atoms with E-state index in [0.717, 1.165) is 31.3 Å². The first kappa shape index (κ1) is 19.2. The average molecular weight is 345 g/mol. The van der Waals surface area contributed by atoms with Crippen LogP contribution in [-0.2, 0) is 4.79 Å². The number of aliphatic imine (C=N–C) groups is 1. The van der Waals surface area contributed by atoms with E-state index in [1.165, 1.54) is 0 Å². The Labute approximate surface area is 151 Å². The monoisotopic (exact) mass is 345 g/mol. The van der Waals surface area contributed by atoms with Crippen LogP contribution in [0.5, 0.6) is 0 Å². The van der Waals surface area contributed by atoms with Gasteiger partial charge in [-0.25, -0.2) is 0 Å². The summed E-state index contributed by atoms with van der Waals surface area (Å²) in [6.45, 7) is 9.51. The number of likely N-dealkylation sites (N-methyl/N-ethyl adjacent to an activating group) is 1. The predicted octanol–water partition coefficient (Wildman–Crippen LogP) is 1.69. The predicted molar refractivity (Wildman–Crippen MR) is 104 cm³/mol. The molecular weight excluding hydrogens is 314 g/mol. The third kappa shape index (κ3) is 5.74. The summed E-state index contributed by atoms with van der Waals surface area (Å²) in [4.78, 5) is 21.1. The Morgan fingerprint density at radius 3 is 2.72 bits per heavy atom. The van der Waals surface area contributed by atoms with Crippen LogP contribution in [0.25, 0.3) is 0 Å². The Balaban J connectivity index is 1.92. The van der Waals surface area contributed by atoms with Gasteiger partial charge in [0, 0.05) is 37.8 Å². The molecule has 6 heteroatoms. The highest BCUT2D eigenvalue weighted by molar-refractivity contribution is 5.97. The van der Waals surface area contributed by atoms with Crippen molar-refractivity contribution in [3.8, 4) is 0 Å². The van der Waals surface area contributed by atoms with E-state index in [0.29, 0.717) is 19.0 Å². The fourth-order valence-electron chi connectivity index (χ4n) is 2.75. The molecule has 1 aliphatic heterocycles. The van der Waals surface area contributed by atoms with Gasteiger partial charge in [-0.1, -0.05) is 18.2 Å². The van der Waals surface area contributed by atoms with Gasteiger partial charge in [0.05, 0.1) is 12.6 Å². The molecule has 1 fully saturated rings. The van der Waals surface area contributed by atoms with Crippen molar-refractivity contribution >= 4 is 17.6 Å². The van der Waals surface area contributed by atoms with E-state index in [4.69, 9.17) is 0 Å². The van der Waals surface area contributed by atoms with Crippen molar-refractivity contribution in [3.05, 3.63) is 30.3 Å². The second kappa shape index (κ2) is 9.42. The smallest absolute Gasteiger partial charge is 0.229 e. The van der Waals surface area contributed by atoms with Crippen LogP contribution in [0.3, 0.4) is 0 Å². The summed E-state index contributed by atoms with van der Waals surface area (Å²) < 4.78 is 0. The first-order chi connectivity index (χ1) is 12.0. The van der Waals surface area contributed by atoms with Crippen LogP contribution in [0.4, 0.5) is 5.69 Å². The zero-order chi connectivity index (χ0) is 18.2. The van der Waals surface area contributed by atoms with E-state index in [1.54, 1.807) is 0 Å². The van der Waals surface area contributed by atoms with Crippen molar-refractivity contribution in [1.82, 2.24) is 15.5 Å². The normalized spacial score (nSPS) is 18.3. The maximum Gasteiger partial charge on any atom is 0.229 e. The third-order valence-electron chi connectivity index (χ3n) is 4.48. The van der Waals surface area contributed by atoms with Gasteiger partial charge in [-0.15, -0.1) is 0 Å². The summed E-state index contributed by atoms with van der Waals surface area (Å²) in [6.07, 6.45) is 0.491. The zero-order valence-electron chi connectivity index (χ0n) is 15.8. The SMILES string of the molecule is CCNC(=NCCN(C)C(C)C)NC1CC(=O)N(c2ccccc2)C1. The molecule has 1 aromatic carbocycles. The summed E-state index contributed by atoms with van der Waals surface area (Å²) in [5.74, 6) is 0.937. The minimum absolute atomic E-state index is 0.0772. The number of para-hydroxylation sites is 1. The fraction of sp³-hybridized carbons (Fsp3) is 0.579. The summed E-state index contributed by atoms with van der Waals surface area (Å²) in [7, 11) is 2.11. The Kier molecular flexibility index (Phi) is 7.25. The molecule has 1 aliphatic rings. The molecule has 0 spiro atoms. The highest BCUT2D eigenvalue weighted by atomic mass is 16.2. The molecule has 1 heterocycles. The lowest BCUT2D eigenvalue weighted by molar-refractivity contribution is -0.117. The van der Waals surface area contributed by atoms with E-state index in [1.807, 2.05) is 42.2 Å². The quantitative estimate of drug-likeness (QED) is 0.583. The van der Waals surface area contributed by atoms with Gasteiger partial charge in [0.1, 0.15) is 0 Å². The molecule has 0 aliphatic carbocycles. The minimum atomic E-state index is 0.0772. The van der Waals surface area contributed by atoms with Crippen LogP contribution in [0.1, 0.15) is 27.2 Å². The molecule has 2 rings (SSSR count). The van der Waals surface area contributed by atoms with E-state index in [2.05, 4.69) is 41.4 Å². The Hall–Kier alpha value is -2.08. The summed E-state index contributed by atoms with van der Waals surface area (Å²) in [5.41, 5.74) is 0.956. The number of carbonyl (C=O) groups is 1. The molecule has 0 radical (unpaired) electrons. The topological polar surface area (TPSA) is 60.0 Å². The largest absolute Gasteiger partial charge is 0.357 e. The number of hydrogen-bond acceptors (Lipinski definition) is 3. The molecular formula is C19H31N5O. The molecule has 1 aromatic rings. The number of hydrogen-bond donors (Lipinski definition) is 2. The molecule has 1 amide bonds. The standard InChI is InChI=1S/C19H31N5O/c1-5-20-19(21-11-12-23(4)15(2)3)22-16-13-18(25)24(14-16)17-9-7-6-8-10-17/h6-10,15-16H,5,11-14H2,1-4H3,(H2,20,21,22). The molecule has 1 atom stereocenters. The summed E-state index contributed by atoms with van der Waals surface area (Å²) in [5, 5.41) is 6.68. The Bertz CT molecular complexity index is 572. The first-order valence-corrected chi connectivity index (χ1v) is 9.11. The number of benzene rings is 1. The van der Waals surface area contributed by atoms with Gasteiger partial charge in [-0.3, -0.25) is 9.79 Å². The van der Waals surface area contributed by atoms with Gasteiger partial charge in [-0.05, 0) is 40.0 Å². The minimum Gasteiger partial charge on any atom is -0.357 e. The number of rotatable bonds is 7. The number of guanidine groups is 1. The van der Waals surface area contributed by atoms with Gasteiger partial charge in [-0.2, -0.15) is 0 Å². The van der Waals surface area contributed by atoms with Gasteiger partial charge < -0.3 is 20.4 Å². The van der Waals surface area contributed by atoms with Crippen molar-refractivity contribution in [2.75, 3.05) is 38.1 Å². The van der Waals surface area contributed by atoms with E-state index >= 15 is 0 Å². The maximum absolute atomic E-state index is 12.3. The molecule has 1 saturated heterocycles. The maximum atomic E-state index is 12.3. The highest BCUT2D eigenvalue weighted by Crippen LogP contribution is 2.20. The molecule has 6 nitrogen and oxygen atoms in total. The Morgan fingerprint density at radius 2 is 2.08 bits per heavy atom. The molecule has 0 bridgehead atoms. The van der Waals surface area contributed by atoms with Crippen LogP contribution >= 0.6 is 0 Å². The lowest BCUT2D eigenvalue weighted by Crippen LogP contribution is -2.45. The van der Waals surface area contributed by atoms with Crippen molar-refractivity contribution in [2.45, 2.75) is 39.3 Å². The Morgan fingerprint density at radius 1 is 1.36 bits per heavy atom. The molecule has 0 saturated carbocycles. The highest BCUT2D eigenvalue weighted by Gasteiger charge is 2.30. The van der Waals surface area contributed by atoms with Gasteiger partial charge >= 0.3 is 0 Å². The lowest BCUT2D eigenvalue weighted by atomic mass is 10.2. The van der Waals surface area contributed by atoms with Crippen molar-refractivity contribution in [2.24, 2.45) is 4.99 Å². The number of carbonyl (C=O) groups excluding carboxylic acids is 1. The fourth-order valence-corrected chi connectivity index (χ4v) is 2.75. The number of nitrogens with one attached hydrogen (secondary N) is 2. The second-order valence-corrected chi connectivity index (χ2v) is 6.72. The zero-order valence-corrected chi connectivity index (χ0v) is 15.8. The van der Waals surface area contributed by atoms with E-state index < -0.39 is 0 Å². The van der Waals surface area contributed by atoms with Crippen LogP contribution in [-0.4, -0.2) is 62.1 Å². The van der Waals surface area contributed by atoms with Crippen LogP contribution in [0.15, 0.2) is 35.3 Å². The molecule has 2 N–H and O–H groups in total. The van der Waals surface area contributed by atoms with E-state index in [-0.39, 0.29) is 11.9 Å². The van der Waals surface area contributed by atoms with Crippen molar-refractivity contribution in [1.29, 1.82) is 0 Å².